The van der Waals surface area contributed by atoms with Crippen molar-refractivity contribution < 1.29 is 34.7 Å². The van der Waals surface area contributed by atoms with Gasteiger partial charge >= 0.3 is 0 Å². The van der Waals surface area contributed by atoms with E-state index in [9.17, 15) is 25.2 Å². The van der Waals surface area contributed by atoms with Crippen molar-refractivity contribution in [2.75, 3.05) is 13.3 Å². The first kappa shape index (κ1) is 35.7. The summed E-state index contributed by atoms with van der Waals surface area (Å²) in [6.45, 7) is 0.706. The molecule has 0 radical (unpaired) electrons. The molecule has 5 rings (SSSR count). The third-order valence-corrected chi connectivity index (χ3v) is 9.21. The second-order valence-corrected chi connectivity index (χ2v) is 13.0. The van der Waals surface area contributed by atoms with E-state index in [0.29, 0.717) is 19.3 Å². The Bertz CT molecular complexity index is 1630. The van der Waals surface area contributed by atoms with E-state index in [1.165, 1.54) is 11.6 Å². The first-order chi connectivity index (χ1) is 23.8. The topological polar surface area (TPSA) is 154 Å². The summed E-state index contributed by atoms with van der Waals surface area (Å²) < 4.78 is 11.6. The van der Waals surface area contributed by atoms with Crippen LogP contribution in [0.2, 0.25) is 0 Å². The van der Waals surface area contributed by atoms with Gasteiger partial charge in [0.15, 0.2) is 23.0 Å². The van der Waals surface area contributed by atoms with E-state index in [1.807, 2.05) is 36.4 Å². The summed E-state index contributed by atoms with van der Waals surface area (Å²) >= 11 is 0. The molecule has 1 fully saturated rings. The standard InChI is InChI=1S/C40H48N2O7/c41-26-48-38-20-29(13-16-36(38)45)12-15-33(43)25-34(44)21-30(14-11-27-7-3-1-4-8-27)31-22-37(46)40(47)39(23-31)49-35-17-18-42-32(24-35)19-28-9-5-2-6-10-28/h1-10,13,16,20,22-23,30,32,34-35,42,44-47H,11-12,14-15,17-19,21,24-26,41H2/t30-,32+,34+,35+/m0/s1. The van der Waals surface area contributed by atoms with Crippen LogP contribution < -0.4 is 20.5 Å². The molecule has 260 valence electrons. The summed E-state index contributed by atoms with van der Waals surface area (Å²) in [5.41, 5.74) is 9.37. The zero-order valence-electron chi connectivity index (χ0n) is 27.8. The van der Waals surface area contributed by atoms with Crippen molar-refractivity contribution in [3.05, 3.63) is 113 Å². The van der Waals surface area contributed by atoms with E-state index in [2.05, 4.69) is 29.6 Å². The lowest BCUT2D eigenvalue weighted by Crippen LogP contribution is -2.43. The molecule has 0 amide bonds. The molecule has 1 saturated heterocycles. The molecule has 9 nitrogen and oxygen atoms in total. The zero-order valence-corrected chi connectivity index (χ0v) is 27.8. The number of phenols is 3. The number of aliphatic hydroxyl groups is 1. The lowest BCUT2D eigenvalue weighted by atomic mass is 9.86. The number of hydrogen-bond acceptors (Lipinski definition) is 9. The van der Waals surface area contributed by atoms with Gasteiger partial charge in [0.2, 0.25) is 5.75 Å². The highest BCUT2D eigenvalue weighted by Gasteiger charge is 2.27. The molecular weight excluding hydrogens is 620 g/mol. The van der Waals surface area contributed by atoms with Crippen LogP contribution in [0.1, 0.15) is 66.7 Å². The Hall–Kier alpha value is -4.57. The minimum absolute atomic E-state index is 0.0165. The number of carbonyl (C=O) groups excluding carboxylic acids is 1. The van der Waals surface area contributed by atoms with Gasteiger partial charge in [-0.15, -0.1) is 0 Å². The highest BCUT2D eigenvalue weighted by atomic mass is 16.5. The molecule has 0 spiro atoms. The number of rotatable bonds is 17. The lowest BCUT2D eigenvalue weighted by Gasteiger charge is -2.31. The fourth-order valence-electron chi connectivity index (χ4n) is 6.63. The van der Waals surface area contributed by atoms with Crippen LogP contribution in [-0.2, 0) is 24.1 Å². The summed E-state index contributed by atoms with van der Waals surface area (Å²) in [5.74, 6) is -0.405. The molecule has 4 atom stereocenters. The van der Waals surface area contributed by atoms with Crippen LogP contribution in [0, 0.1) is 0 Å². The highest BCUT2D eigenvalue weighted by Crippen LogP contribution is 2.42. The van der Waals surface area contributed by atoms with E-state index in [4.69, 9.17) is 15.2 Å². The molecule has 0 unspecified atom stereocenters. The predicted molar refractivity (Wildman–Crippen MR) is 189 cm³/mol. The smallest absolute Gasteiger partial charge is 0.200 e. The Labute approximate surface area is 288 Å². The molecule has 0 aliphatic carbocycles. The number of nitrogens with one attached hydrogen (secondary N) is 1. The van der Waals surface area contributed by atoms with E-state index in [1.54, 1.807) is 24.3 Å². The number of piperidine rings is 1. The number of phenolic OH excluding ortho intramolecular Hbond substituents is 3. The van der Waals surface area contributed by atoms with Gasteiger partial charge in [-0.3, -0.25) is 10.5 Å². The number of ketones is 1. The number of aliphatic hydroxyl groups excluding tert-OH is 1. The minimum atomic E-state index is -0.910. The quantitative estimate of drug-likeness (QED) is 0.0596. The monoisotopic (exact) mass is 668 g/mol. The molecule has 0 aromatic heterocycles. The van der Waals surface area contributed by atoms with Gasteiger partial charge in [0.05, 0.1) is 6.10 Å². The van der Waals surface area contributed by atoms with Crippen LogP contribution in [0.25, 0.3) is 0 Å². The minimum Gasteiger partial charge on any atom is -0.504 e. The Morgan fingerprint density at radius 3 is 2.33 bits per heavy atom. The molecule has 4 aromatic rings. The molecule has 1 aliphatic heterocycles. The first-order valence-corrected chi connectivity index (χ1v) is 17.2. The number of benzene rings is 4. The summed E-state index contributed by atoms with van der Waals surface area (Å²) in [6, 6.07) is 28.8. The third kappa shape index (κ3) is 10.7. The maximum absolute atomic E-state index is 13.0. The second-order valence-electron chi connectivity index (χ2n) is 13.0. The van der Waals surface area contributed by atoms with E-state index < -0.39 is 6.10 Å². The number of carbonyl (C=O) groups is 1. The predicted octanol–water partition coefficient (Wildman–Crippen LogP) is 5.90. The number of Topliss-reactive ketones (excluding diaryl/α,β-unsaturated/α-hetero) is 1. The van der Waals surface area contributed by atoms with Crippen molar-refractivity contribution in [2.24, 2.45) is 5.73 Å². The van der Waals surface area contributed by atoms with Crippen LogP contribution in [-0.4, -0.2) is 57.7 Å². The molecule has 7 N–H and O–H groups in total. The van der Waals surface area contributed by atoms with Gasteiger partial charge in [-0.2, -0.15) is 0 Å². The van der Waals surface area contributed by atoms with Crippen molar-refractivity contribution >= 4 is 5.78 Å². The number of hydrogen-bond donors (Lipinski definition) is 6. The molecule has 1 aliphatic rings. The number of ether oxygens (including phenoxy) is 2. The fourth-order valence-corrected chi connectivity index (χ4v) is 6.63. The Kier molecular flexibility index (Phi) is 12.9. The van der Waals surface area contributed by atoms with Crippen molar-refractivity contribution in [3.63, 3.8) is 0 Å². The summed E-state index contributed by atoms with van der Waals surface area (Å²) in [5, 5.41) is 46.3. The van der Waals surface area contributed by atoms with Gasteiger partial charge in [-0.1, -0.05) is 66.7 Å². The first-order valence-electron chi connectivity index (χ1n) is 17.2. The summed E-state index contributed by atoms with van der Waals surface area (Å²) in [7, 11) is 0. The second kappa shape index (κ2) is 17.7. The van der Waals surface area contributed by atoms with Crippen LogP contribution in [0.4, 0.5) is 0 Å². The van der Waals surface area contributed by atoms with Gasteiger partial charge in [0.1, 0.15) is 18.6 Å². The summed E-state index contributed by atoms with van der Waals surface area (Å²) in [4.78, 5) is 13.0. The van der Waals surface area contributed by atoms with Crippen LogP contribution >= 0.6 is 0 Å². The Morgan fingerprint density at radius 2 is 1.59 bits per heavy atom. The molecule has 4 aromatic carbocycles. The number of aromatic hydroxyl groups is 3. The van der Waals surface area contributed by atoms with E-state index in [0.717, 1.165) is 48.9 Å². The van der Waals surface area contributed by atoms with Gasteiger partial charge in [0.25, 0.3) is 0 Å². The van der Waals surface area contributed by atoms with Crippen molar-refractivity contribution in [1.82, 2.24) is 5.32 Å². The van der Waals surface area contributed by atoms with Crippen LogP contribution in [0.3, 0.4) is 0 Å². The maximum Gasteiger partial charge on any atom is 0.200 e. The molecule has 49 heavy (non-hydrogen) atoms. The van der Waals surface area contributed by atoms with Gasteiger partial charge in [-0.25, -0.2) is 0 Å². The molecule has 1 heterocycles. The Balaban J connectivity index is 1.26. The van der Waals surface area contributed by atoms with Gasteiger partial charge < -0.3 is 35.2 Å². The van der Waals surface area contributed by atoms with E-state index >= 15 is 0 Å². The maximum atomic E-state index is 13.0. The number of nitrogens with two attached hydrogens (primary N) is 1. The van der Waals surface area contributed by atoms with Crippen LogP contribution in [0.5, 0.6) is 28.7 Å². The van der Waals surface area contributed by atoms with Gasteiger partial charge in [0, 0.05) is 18.9 Å². The average molecular weight is 669 g/mol. The highest BCUT2D eigenvalue weighted by molar-refractivity contribution is 5.79. The summed E-state index contributed by atoms with van der Waals surface area (Å²) in [6.07, 6.45) is 3.64. The van der Waals surface area contributed by atoms with Crippen molar-refractivity contribution in [2.45, 2.75) is 82.0 Å². The van der Waals surface area contributed by atoms with Gasteiger partial charge in [-0.05, 0) is 104 Å². The SMILES string of the molecule is NCOc1cc(CCC(=O)C[C@H](O)C[C@H](CCc2ccccc2)c2cc(O)c(O)c(O[C@@H]3CCN[C@H](Cc4ccccc4)C3)c2)ccc1O. The zero-order chi connectivity index (χ0) is 34.6. The normalized spacial score (nSPS) is 17.3. The molecular formula is C40H48N2O7. The largest absolute Gasteiger partial charge is 0.504 e. The lowest BCUT2D eigenvalue weighted by molar-refractivity contribution is -0.121. The molecule has 9 heteroatoms. The molecule has 0 saturated carbocycles. The fraction of sp³-hybridized carbons (Fsp3) is 0.375. The van der Waals surface area contributed by atoms with Crippen molar-refractivity contribution in [3.8, 4) is 28.7 Å². The van der Waals surface area contributed by atoms with E-state index in [-0.39, 0.29) is 72.2 Å². The Morgan fingerprint density at radius 1 is 0.857 bits per heavy atom. The third-order valence-electron chi connectivity index (χ3n) is 9.21. The molecule has 0 bridgehead atoms. The van der Waals surface area contributed by atoms with Crippen molar-refractivity contribution in [1.29, 1.82) is 0 Å². The average Bonchev–Trinajstić information content (AvgIpc) is 3.10. The van der Waals surface area contributed by atoms with Crippen LogP contribution in [0.15, 0.2) is 91.0 Å². The number of aryl methyl sites for hydroxylation is 2.